The first kappa shape index (κ1) is 17.3. The molecule has 0 spiro atoms. The quantitative estimate of drug-likeness (QED) is 0.772. The topological polar surface area (TPSA) is 67.6 Å². The van der Waals surface area contributed by atoms with Crippen molar-refractivity contribution in [2.24, 2.45) is 0 Å². The molecule has 6 nitrogen and oxygen atoms in total. The Morgan fingerprint density at radius 3 is 2.63 bits per heavy atom. The second-order valence-electron chi connectivity index (χ2n) is 6.63. The zero-order valence-electron chi connectivity index (χ0n) is 15.1. The van der Waals surface area contributed by atoms with Gasteiger partial charge < -0.3 is 14.7 Å². The lowest BCUT2D eigenvalue weighted by atomic mass is 10.1. The molecule has 0 saturated carbocycles. The van der Waals surface area contributed by atoms with E-state index in [1.165, 1.54) is 0 Å². The van der Waals surface area contributed by atoms with Crippen LogP contribution in [0, 0.1) is 0 Å². The number of aliphatic hydroxyl groups excluding tert-OH is 1. The molecule has 0 bridgehead atoms. The van der Waals surface area contributed by atoms with Crippen LogP contribution >= 0.6 is 0 Å². The van der Waals surface area contributed by atoms with Crippen LogP contribution in [0.15, 0.2) is 60.7 Å². The smallest absolute Gasteiger partial charge is 0.254 e. The molecule has 0 radical (unpaired) electrons. The van der Waals surface area contributed by atoms with E-state index in [-0.39, 0.29) is 5.91 Å². The molecule has 1 atom stereocenters. The summed E-state index contributed by atoms with van der Waals surface area (Å²) in [4.78, 5) is 14.7. The first-order valence-corrected chi connectivity index (χ1v) is 8.97. The highest BCUT2D eigenvalue weighted by molar-refractivity contribution is 5.94. The zero-order valence-corrected chi connectivity index (χ0v) is 15.1. The minimum atomic E-state index is -0.612. The predicted molar refractivity (Wildman–Crippen MR) is 101 cm³/mol. The Balaban J connectivity index is 1.50. The van der Waals surface area contributed by atoms with Crippen molar-refractivity contribution >= 4 is 5.91 Å². The minimum Gasteiger partial charge on any atom is -0.457 e. The number of rotatable bonds is 4. The van der Waals surface area contributed by atoms with Crippen molar-refractivity contribution in [3.05, 3.63) is 77.6 Å². The summed E-state index contributed by atoms with van der Waals surface area (Å²) < 4.78 is 7.69. The molecule has 1 N–H and O–H groups in total. The summed E-state index contributed by atoms with van der Waals surface area (Å²) in [7, 11) is 0. The molecule has 4 rings (SSSR count). The van der Waals surface area contributed by atoms with E-state index in [0.29, 0.717) is 36.6 Å². The van der Waals surface area contributed by atoms with Crippen LogP contribution in [0.2, 0.25) is 0 Å². The van der Waals surface area contributed by atoms with Crippen LogP contribution in [0.5, 0.6) is 11.5 Å². The highest BCUT2D eigenvalue weighted by atomic mass is 16.5. The Bertz CT molecular complexity index is 950. The molecular weight excluding hydrogens is 342 g/mol. The second-order valence-corrected chi connectivity index (χ2v) is 6.63. The number of fused-ring (bicyclic) bond motifs is 1. The summed E-state index contributed by atoms with van der Waals surface area (Å²) in [5.74, 6) is 1.32. The van der Waals surface area contributed by atoms with Gasteiger partial charge in [0.1, 0.15) is 11.5 Å². The predicted octanol–water partition coefficient (Wildman–Crippen LogP) is 3.38. The Morgan fingerprint density at radius 1 is 1.07 bits per heavy atom. The van der Waals surface area contributed by atoms with Gasteiger partial charge in [-0.25, -0.2) is 0 Å². The number of para-hydroxylation sites is 1. The summed E-state index contributed by atoms with van der Waals surface area (Å²) in [5, 5.41) is 14.1. The Hall–Kier alpha value is -3.12. The molecule has 0 unspecified atom stereocenters. The van der Waals surface area contributed by atoms with Gasteiger partial charge in [-0.2, -0.15) is 5.10 Å². The van der Waals surface area contributed by atoms with Gasteiger partial charge in [-0.3, -0.25) is 9.48 Å². The van der Waals surface area contributed by atoms with Crippen LogP contribution in [0.4, 0.5) is 0 Å². The molecular formula is C21H21N3O3. The third-order valence-corrected chi connectivity index (χ3v) is 4.59. The molecule has 0 fully saturated rings. The largest absolute Gasteiger partial charge is 0.457 e. The maximum atomic E-state index is 12.9. The van der Waals surface area contributed by atoms with Crippen LogP contribution in [0.1, 0.15) is 34.8 Å². The van der Waals surface area contributed by atoms with Crippen molar-refractivity contribution in [2.75, 3.05) is 6.54 Å². The van der Waals surface area contributed by atoms with Gasteiger partial charge in [-0.15, -0.1) is 0 Å². The van der Waals surface area contributed by atoms with Gasteiger partial charge in [0.2, 0.25) is 0 Å². The van der Waals surface area contributed by atoms with E-state index in [9.17, 15) is 9.90 Å². The number of amides is 1. The van der Waals surface area contributed by atoms with Crippen molar-refractivity contribution in [3.8, 4) is 11.5 Å². The number of carbonyl (C=O) groups is 1. The van der Waals surface area contributed by atoms with E-state index in [2.05, 4.69) is 5.10 Å². The fourth-order valence-electron chi connectivity index (χ4n) is 3.17. The molecule has 27 heavy (non-hydrogen) atoms. The van der Waals surface area contributed by atoms with Crippen molar-refractivity contribution in [2.45, 2.75) is 26.1 Å². The maximum absolute atomic E-state index is 12.9. The van der Waals surface area contributed by atoms with Gasteiger partial charge in [-0.1, -0.05) is 24.3 Å². The van der Waals surface area contributed by atoms with E-state index in [0.717, 1.165) is 11.4 Å². The molecule has 0 aliphatic carbocycles. The third-order valence-electron chi connectivity index (χ3n) is 4.59. The van der Waals surface area contributed by atoms with E-state index >= 15 is 0 Å². The van der Waals surface area contributed by atoms with Crippen molar-refractivity contribution < 1.29 is 14.6 Å². The molecule has 1 aliphatic rings. The highest BCUT2D eigenvalue weighted by Crippen LogP contribution is 2.24. The lowest BCUT2D eigenvalue weighted by molar-refractivity contribution is 0.0705. The fraction of sp³-hybridized carbons (Fsp3) is 0.238. The molecule has 0 saturated heterocycles. The minimum absolute atomic E-state index is 0.0421. The molecule has 3 aromatic rings. The normalized spacial score (nSPS) is 14.5. The van der Waals surface area contributed by atoms with Crippen molar-refractivity contribution in [1.29, 1.82) is 0 Å². The number of aromatic nitrogens is 2. The van der Waals surface area contributed by atoms with E-state index in [4.69, 9.17) is 4.74 Å². The Kier molecular flexibility index (Phi) is 4.64. The fourth-order valence-corrected chi connectivity index (χ4v) is 3.17. The van der Waals surface area contributed by atoms with E-state index in [1.807, 2.05) is 53.2 Å². The van der Waals surface area contributed by atoms with E-state index < -0.39 is 6.10 Å². The lowest BCUT2D eigenvalue weighted by Gasteiger charge is -2.27. The SMILES string of the molecule is C[C@H](O)c1cc2n(n1)CCN(C(=O)c1cccc(Oc3ccccc3)c1)C2. The molecule has 2 aromatic carbocycles. The molecule has 138 valence electrons. The van der Waals surface area contributed by atoms with Gasteiger partial charge in [0.25, 0.3) is 5.91 Å². The van der Waals surface area contributed by atoms with Gasteiger partial charge in [0.15, 0.2) is 0 Å². The summed E-state index contributed by atoms with van der Waals surface area (Å²) >= 11 is 0. The first-order chi connectivity index (χ1) is 13.1. The monoisotopic (exact) mass is 363 g/mol. The van der Waals surface area contributed by atoms with Gasteiger partial charge >= 0.3 is 0 Å². The van der Waals surface area contributed by atoms with Crippen molar-refractivity contribution in [1.82, 2.24) is 14.7 Å². The number of aliphatic hydroxyl groups is 1. The van der Waals surface area contributed by atoms with Crippen molar-refractivity contribution in [3.63, 3.8) is 0 Å². The number of hydrogen-bond donors (Lipinski definition) is 1. The van der Waals surface area contributed by atoms with Gasteiger partial charge in [0.05, 0.1) is 30.6 Å². The van der Waals surface area contributed by atoms with Gasteiger partial charge in [0, 0.05) is 12.1 Å². The zero-order chi connectivity index (χ0) is 18.8. The Morgan fingerprint density at radius 2 is 1.85 bits per heavy atom. The molecule has 6 heteroatoms. The van der Waals surface area contributed by atoms with Gasteiger partial charge in [-0.05, 0) is 43.3 Å². The lowest BCUT2D eigenvalue weighted by Crippen LogP contribution is -2.38. The van der Waals surface area contributed by atoms with E-state index in [1.54, 1.807) is 24.0 Å². The molecule has 2 heterocycles. The number of hydrogen-bond acceptors (Lipinski definition) is 4. The van der Waals surface area contributed by atoms with Crippen LogP contribution in [0.3, 0.4) is 0 Å². The number of nitrogens with zero attached hydrogens (tertiary/aromatic N) is 3. The summed E-state index contributed by atoms with van der Waals surface area (Å²) in [6.45, 7) is 3.36. The van der Waals surface area contributed by atoms with Crippen LogP contribution in [-0.4, -0.2) is 32.2 Å². The Labute approximate surface area is 157 Å². The summed E-state index contributed by atoms with van der Waals surface area (Å²) in [6.07, 6.45) is -0.612. The number of carbonyl (C=O) groups excluding carboxylic acids is 1. The molecule has 1 aromatic heterocycles. The van der Waals surface area contributed by atoms with Crippen LogP contribution in [-0.2, 0) is 13.1 Å². The summed E-state index contributed by atoms with van der Waals surface area (Å²) in [6, 6.07) is 18.6. The second kappa shape index (κ2) is 7.25. The average Bonchev–Trinajstić information content (AvgIpc) is 3.12. The number of ether oxygens (including phenoxy) is 1. The average molecular weight is 363 g/mol. The summed E-state index contributed by atoms with van der Waals surface area (Å²) in [5.41, 5.74) is 2.16. The maximum Gasteiger partial charge on any atom is 0.254 e. The van der Waals surface area contributed by atoms with Crippen LogP contribution in [0.25, 0.3) is 0 Å². The van der Waals surface area contributed by atoms with Crippen LogP contribution < -0.4 is 4.74 Å². The highest BCUT2D eigenvalue weighted by Gasteiger charge is 2.24. The first-order valence-electron chi connectivity index (χ1n) is 8.97. The number of benzene rings is 2. The molecule has 1 aliphatic heterocycles. The third kappa shape index (κ3) is 3.71. The molecule has 1 amide bonds. The standard InChI is InChI=1S/C21H21N3O3/c1-15(25)20-13-17-14-23(10-11-24(17)22-20)21(26)16-6-5-9-19(12-16)27-18-7-3-2-4-8-18/h2-9,12-13,15,25H,10-11,14H2,1H3/t15-/m0/s1.